The molecule has 0 aliphatic carbocycles. The summed E-state index contributed by atoms with van der Waals surface area (Å²) in [6, 6.07) is 7.18. The minimum atomic E-state index is -0.194. The van der Waals surface area contributed by atoms with Crippen molar-refractivity contribution in [1.29, 1.82) is 0 Å². The molecule has 128 valence electrons. The number of aliphatic hydroxyl groups is 1. The van der Waals surface area contributed by atoms with Crippen LogP contribution in [0, 0.1) is 5.41 Å². The van der Waals surface area contributed by atoms with Crippen LogP contribution in [-0.4, -0.2) is 40.6 Å². The van der Waals surface area contributed by atoms with Crippen LogP contribution < -0.4 is 5.56 Å². The lowest BCUT2D eigenvalue weighted by Gasteiger charge is -2.42. The van der Waals surface area contributed by atoms with Crippen LogP contribution in [0.4, 0.5) is 0 Å². The van der Waals surface area contributed by atoms with E-state index in [0.29, 0.717) is 29.4 Å². The van der Waals surface area contributed by atoms with Gasteiger partial charge in [0.25, 0.3) is 11.5 Å². The summed E-state index contributed by atoms with van der Waals surface area (Å²) in [6.45, 7) is 3.48. The number of aromatic amines is 1. The smallest absolute Gasteiger partial charge is 0.255 e. The van der Waals surface area contributed by atoms with E-state index in [4.69, 9.17) is 0 Å². The molecule has 1 aliphatic rings. The van der Waals surface area contributed by atoms with Gasteiger partial charge in [0.05, 0.1) is 12.2 Å². The number of carbonyl (C=O) groups excluding carboxylic acids is 1. The van der Waals surface area contributed by atoms with Gasteiger partial charge in [-0.15, -0.1) is 0 Å². The quantitative estimate of drug-likeness (QED) is 0.906. The third kappa shape index (κ3) is 2.96. The molecule has 5 heteroatoms. The van der Waals surface area contributed by atoms with Gasteiger partial charge in [-0.05, 0) is 25.3 Å². The molecule has 1 saturated heterocycles. The molecule has 1 unspecified atom stereocenters. The number of likely N-dealkylation sites (tertiary alicyclic amines) is 1. The minimum Gasteiger partial charge on any atom is -0.396 e. The molecule has 5 nitrogen and oxygen atoms in total. The minimum absolute atomic E-state index is 0.0731. The molecule has 24 heavy (non-hydrogen) atoms. The molecule has 2 heterocycles. The van der Waals surface area contributed by atoms with Crippen molar-refractivity contribution in [2.75, 3.05) is 19.7 Å². The van der Waals surface area contributed by atoms with E-state index < -0.39 is 0 Å². The second kappa shape index (κ2) is 6.77. The van der Waals surface area contributed by atoms with Crippen LogP contribution in [0.25, 0.3) is 10.8 Å². The molecule has 0 saturated carbocycles. The number of H-pyrrole nitrogens is 1. The van der Waals surface area contributed by atoms with Crippen LogP contribution in [0.3, 0.4) is 0 Å². The van der Waals surface area contributed by atoms with E-state index in [1.54, 1.807) is 12.1 Å². The zero-order valence-corrected chi connectivity index (χ0v) is 14.0. The fraction of sp³-hybridized carbons (Fsp3) is 0.474. The Hall–Kier alpha value is -2.14. The molecule has 1 aliphatic heterocycles. The SMILES string of the molecule is CCCC1(CO)CCCN(C(=O)c2c[nH]c(=O)c3ccccc23)C1. The van der Waals surface area contributed by atoms with Crippen molar-refractivity contribution in [3.05, 3.63) is 46.4 Å². The molecule has 1 aromatic heterocycles. The van der Waals surface area contributed by atoms with Gasteiger partial charge in [-0.3, -0.25) is 9.59 Å². The van der Waals surface area contributed by atoms with E-state index >= 15 is 0 Å². The summed E-state index contributed by atoms with van der Waals surface area (Å²) >= 11 is 0. The van der Waals surface area contributed by atoms with E-state index in [2.05, 4.69) is 11.9 Å². The van der Waals surface area contributed by atoms with Crippen LogP contribution in [0.1, 0.15) is 43.0 Å². The monoisotopic (exact) mass is 328 g/mol. The van der Waals surface area contributed by atoms with Crippen LogP contribution in [-0.2, 0) is 0 Å². The van der Waals surface area contributed by atoms with Gasteiger partial charge in [-0.1, -0.05) is 31.5 Å². The highest BCUT2D eigenvalue weighted by Gasteiger charge is 2.36. The molecule has 0 radical (unpaired) electrons. The average molecular weight is 328 g/mol. The fourth-order valence-corrected chi connectivity index (χ4v) is 3.88. The topological polar surface area (TPSA) is 73.4 Å². The van der Waals surface area contributed by atoms with Crippen molar-refractivity contribution in [2.45, 2.75) is 32.6 Å². The summed E-state index contributed by atoms with van der Waals surface area (Å²) in [4.78, 5) is 29.5. The zero-order chi connectivity index (χ0) is 17.2. The van der Waals surface area contributed by atoms with Crippen molar-refractivity contribution in [1.82, 2.24) is 9.88 Å². The maximum absolute atomic E-state index is 13.1. The molecule has 0 bridgehead atoms. The van der Waals surface area contributed by atoms with E-state index in [0.717, 1.165) is 25.7 Å². The van der Waals surface area contributed by atoms with Crippen molar-refractivity contribution in [2.24, 2.45) is 5.41 Å². The summed E-state index contributed by atoms with van der Waals surface area (Å²) < 4.78 is 0. The predicted octanol–water partition coefficient (Wildman–Crippen LogP) is 2.54. The van der Waals surface area contributed by atoms with Crippen molar-refractivity contribution in [3.8, 4) is 0 Å². The molecular formula is C19H24N2O3. The Labute approximate surface area is 141 Å². The number of pyridine rings is 1. The van der Waals surface area contributed by atoms with Crippen LogP contribution >= 0.6 is 0 Å². The van der Waals surface area contributed by atoms with Gasteiger partial charge < -0.3 is 15.0 Å². The molecule has 1 atom stereocenters. The highest BCUT2D eigenvalue weighted by molar-refractivity contribution is 6.06. The Balaban J connectivity index is 1.95. The predicted molar refractivity (Wildman–Crippen MR) is 94.1 cm³/mol. The van der Waals surface area contributed by atoms with Crippen molar-refractivity contribution < 1.29 is 9.90 Å². The number of fused-ring (bicyclic) bond motifs is 1. The highest BCUT2D eigenvalue weighted by Crippen LogP contribution is 2.35. The summed E-state index contributed by atoms with van der Waals surface area (Å²) in [6.07, 6.45) is 5.27. The normalized spacial score (nSPS) is 21.2. The van der Waals surface area contributed by atoms with E-state index in [-0.39, 0.29) is 23.5 Å². The summed E-state index contributed by atoms with van der Waals surface area (Å²) in [7, 11) is 0. The summed E-state index contributed by atoms with van der Waals surface area (Å²) in [5, 5.41) is 11.1. The second-order valence-electron chi connectivity index (χ2n) is 6.82. The standard InChI is InChI=1S/C19H24N2O3/c1-2-8-19(13-22)9-5-10-21(12-19)18(24)16-11-20-17(23)15-7-4-3-6-14(15)16/h3-4,6-7,11,22H,2,5,8-10,12-13H2,1H3,(H,20,23). The highest BCUT2D eigenvalue weighted by atomic mass is 16.3. The Kier molecular flexibility index (Phi) is 4.71. The number of nitrogens with zero attached hydrogens (tertiary/aromatic N) is 1. The lowest BCUT2D eigenvalue weighted by molar-refractivity contribution is 0.0223. The Bertz CT molecular complexity index is 795. The number of benzene rings is 1. The number of amides is 1. The zero-order valence-electron chi connectivity index (χ0n) is 14.0. The van der Waals surface area contributed by atoms with Crippen LogP contribution in [0.2, 0.25) is 0 Å². The number of carbonyl (C=O) groups is 1. The number of hydrogen-bond donors (Lipinski definition) is 2. The van der Waals surface area contributed by atoms with E-state index in [1.807, 2.05) is 17.0 Å². The van der Waals surface area contributed by atoms with Gasteiger partial charge in [0.15, 0.2) is 0 Å². The molecule has 1 aromatic carbocycles. The van der Waals surface area contributed by atoms with Crippen LogP contribution in [0.15, 0.2) is 35.3 Å². The number of piperidine rings is 1. The first-order valence-corrected chi connectivity index (χ1v) is 8.61. The Morgan fingerprint density at radius 2 is 2.08 bits per heavy atom. The van der Waals surface area contributed by atoms with Crippen LogP contribution in [0.5, 0.6) is 0 Å². The maximum atomic E-state index is 13.1. The van der Waals surface area contributed by atoms with Crippen molar-refractivity contribution >= 4 is 16.7 Å². The van der Waals surface area contributed by atoms with E-state index in [9.17, 15) is 14.7 Å². The molecule has 0 spiro atoms. The molecular weight excluding hydrogens is 304 g/mol. The van der Waals surface area contributed by atoms with Gasteiger partial charge in [0.2, 0.25) is 0 Å². The lowest BCUT2D eigenvalue weighted by Crippen LogP contribution is -2.48. The Morgan fingerprint density at radius 1 is 1.33 bits per heavy atom. The third-order valence-corrected chi connectivity index (χ3v) is 5.10. The summed E-state index contributed by atoms with van der Waals surface area (Å²) in [5.74, 6) is -0.0731. The van der Waals surface area contributed by atoms with Gasteiger partial charge in [-0.25, -0.2) is 0 Å². The maximum Gasteiger partial charge on any atom is 0.255 e. The molecule has 1 fully saturated rings. The Morgan fingerprint density at radius 3 is 2.79 bits per heavy atom. The first-order valence-electron chi connectivity index (χ1n) is 8.61. The number of aliphatic hydroxyl groups excluding tert-OH is 1. The first kappa shape index (κ1) is 16.7. The van der Waals surface area contributed by atoms with Gasteiger partial charge in [0.1, 0.15) is 0 Å². The summed E-state index contributed by atoms with van der Waals surface area (Å²) in [5.41, 5.74) is 0.146. The first-order chi connectivity index (χ1) is 11.6. The number of nitrogens with one attached hydrogen (secondary N) is 1. The average Bonchev–Trinajstić information content (AvgIpc) is 2.62. The van der Waals surface area contributed by atoms with Gasteiger partial charge in [0, 0.05) is 35.5 Å². The van der Waals surface area contributed by atoms with E-state index in [1.165, 1.54) is 6.20 Å². The van der Waals surface area contributed by atoms with Gasteiger partial charge >= 0.3 is 0 Å². The third-order valence-electron chi connectivity index (χ3n) is 5.10. The largest absolute Gasteiger partial charge is 0.396 e. The number of rotatable bonds is 4. The lowest BCUT2D eigenvalue weighted by atomic mass is 9.77. The fourth-order valence-electron chi connectivity index (χ4n) is 3.88. The number of hydrogen-bond acceptors (Lipinski definition) is 3. The van der Waals surface area contributed by atoms with Gasteiger partial charge in [-0.2, -0.15) is 0 Å². The molecule has 3 rings (SSSR count). The molecule has 2 aromatic rings. The second-order valence-corrected chi connectivity index (χ2v) is 6.82. The van der Waals surface area contributed by atoms with Crippen molar-refractivity contribution in [3.63, 3.8) is 0 Å². The number of aromatic nitrogens is 1. The molecule has 1 amide bonds. The molecule has 2 N–H and O–H groups in total.